The highest BCUT2D eigenvalue weighted by Gasteiger charge is 2.17. The van der Waals surface area contributed by atoms with Crippen LogP contribution in [-0.4, -0.2) is 30.7 Å². The number of hydrogen-bond donors (Lipinski definition) is 1. The molecule has 0 aliphatic heterocycles. The van der Waals surface area contributed by atoms with Gasteiger partial charge < -0.3 is 9.84 Å². The molecule has 3 heteroatoms. The number of hydrogen-bond acceptors (Lipinski definition) is 3. The second kappa shape index (κ2) is 7.04. The van der Waals surface area contributed by atoms with Crippen LogP contribution >= 0.6 is 0 Å². The van der Waals surface area contributed by atoms with E-state index in [-0.39, 0.29) is 18.3 Å². The van der Waals surface area contributed by atoms with Crippen molar-refractivity contribution < 1.29 is 14.6 Å². The van der Waals surface area contributed by atoms with Crippen LogP contribution in [-0.2, 0) is 9.53 Å². The van der Waals surface area contributed by atoms with Crippen LogP contribution in [0.5, 0.6) is 0 Å². The van der Waals surface area contributed by atoms with E-state index in [1.807, 2.05) is 13.8 Å². The lowest BCUT2D eigenvalue weighted by atomic mass is 9.89. The molecule has 0 aromatic rings. The van der Waals surface area contributed by atoms with E-state index in [0.717, 1.165) is 6.42 Å². The SMILES string of the molecule is CC(=O)C(CCOCCO)C(C)C. The van der Waals surface area contributed by atoms with Gasteiger partial charge in [0.25, 0.3) is 0 Å². The molecule has 0 aromatic heterocycles. The summed E-state index contributed by atoms with van der Waals surface area (Å²) in [6.45, 7) is 6.67. The summed E-state index contributed by atoms with van der Waals surface area (Å²) in [5.74, 6) is 0.691. The summed E-state index contributed by atoms with van der Waals surface area (Å²) < 4.78 is 5.11. The Balaban J connectivity index is 3.64. The Morgan fingerprint density at radius 1 is 1.38 bits per heavy atom. The number of ketones is 1. The minimum absolute atomic E-state index is 0.0480. The third kappa shape index (κ3) is 5.77. The van der Waals surface area contributed by atoms with E-state index in [0.29, 0.717) is 19.1 Å². The molecule has 3 nitrogen and oxygen atoms in total. The van der Waals surface area contributed by atoms with Gasteiger partial charge in [-0.1, -0.05) is 13.8 Å². The average molecular weight is 188 g/mol. The van der Waals surface area contributed by atoms with Crippen LogP contribution in [0, 0.1) is 11.8 Å². The van der Waals surface area contributed by atoms with E-state index < -0.39 is 0 Å². The van der Waals surface area contributed by atoms with Crippen molar-refractivity contribution in [1.82, 2.24) is 0 Å². The van der Waals surface area contributed by atoms with Crippen molar-refractivity contribution in [2.45, 2.75) is 27.2 Å². The van der Waals surface area contributed by atoms with Crippen LogP contribution in [0.1, 0.15) is 27.2 Å². The molecule has 0 rings (SSSR count). The van der Waals surface area contributed by atoms with Gasteiger partial charge in [0.15, 0.2) is 0 Å². The summed E-state index contributed by atoms with van der Waals surface area (Å²) >= 11 is 0. The van der Waals surface area contributed by atoms with Crippen LogP contribution in [0.3, 0.4) is 0 Å². The normalized spacial score (nSPS) is 13.3. The molecule has 0 fully saturated rings. The van der Waals surface area contributed by atoms with Gasteiger partial charge in [-0.25, -0.2) is 0 Å². The number of ether oxygens (including phenoxy) is 1. The minimum Gasteiger partial charge on any atom is -0.394 e. The largest absolute Gasteiger partial charge is 0.394 e. The van der Waals surface area contributed by atoms with E-state index in [1.165, 1.54) is 0 Å². The van der Waals surface area contributed by atoms with E-state index in [2.05, 4.69) is 0 Å². The standard InChI is InChI=1S/C10H20O3/c1-8(2)10(9(3)12)4-6-13-7-5-11/h8,10-11H,4-7H2,1-3H3. The van der Waals surface area contributed by atoms with Gasteiger partial charge in [0.2, 0.25) is 0 Å². The summed E-state index contributed by atoms with van der Waals surface area (Å²) in [5.41, 5.74) is 0. The van der Waals surface area contributed by atoms with E-state index in [1.54, 1.807) is 6.92 Å². The van der Waals surface area contributed by atoms with Crippen molar-refractivity contribution in [2.75, 3.05) is 19.8 Å². The van der Waals surface area contributed by atoms with Crippen molar-refractivity contribution in [3.05, 3.63) is 0 Å². The van der Waals surface area contributed by atoms with Crippen LogP contribution in [0.15, 0.2) is 0 Å². The first-order valence-corrected chi connectivity index (χ1v) is 4.78. The topological polar surface area (TPSA) is 46.5 Å². The lowest BCUT2D eigenvalue weighted by molar-refractivity contribution is -0.122. The lowest BCUT2D eigenvalue weighted by Gasteiger charge is -2.17. The fourth-order valence-electron chi connectivity index (χ4n) is 1.38. The Bertz CT molecular complexity index is 143. The maximum Gasteiger partial charge on any atom is 0.133 e. The van der Waals surface area contributed by atoms with Gasteiger partial charge >= 0.3 is 0 Å². The first kappa shape index (κ1) is 12.6. The first-order chi connectivity index (χ1) is 6.09. The summed E-state index contributed by atoms with van der Waals surface area (Å²) in [5, 5.41) is 8.46. The minimum atomic E-state index is 0.0480. The molecule has 0 bridgehead atoms. The molecule has 78 valence electrons. The van der Waals surface area contributed by atoms with Gasteiger partial charge in [-0.2, -0.15) is 0 Å². The molecule has 1 atom stereocenters. The predicted molar refractivity (Wildman–Crippen MR) is 51.5 cm³/mol. The first-order valence-electron chi connectivity index (χ1n) is 4.78. The summed E-state index contributed by atoms with van der Waals surface area (Å²) in [7, 11) is 0. The summed E-state index contributed by atoms with van der Waals surface area (Å²) in [6.07, 6.45) is 0.757. The number of aliphatic hydroxyl groups is 1. The second-order valence-electron chi connectivity index (χ2n) is 3.59. The third-order valence-electron chi connectivity index (χ3n) is 2.14. The number of carbonyl (C=O) groups excluding carboxylic acids is 1. The molecule has 0 saturated carbocycles. The quantitative estimate of drug-likeness (QED) is 0.611. The van der Waals surface area contributed by atoms with Crippen LogP contribution in [0.2, 0.25) is 0 Å². The third-order valence-corrected chi connectivity index (χ3v) is 2.14. The molecule has 0 spiro atoms. The number of rotatable bonds is 7. The Morgan fingerprint density at radius 3 is 2.38 bits per heavy atom. The van der Waals surface area contributed by atoms with Crippen molar-refractivity contribution in [1.29, 1.82) is 0 Å². The lowest BCUT2D eigenvalue weighted by Crippen LogP contribution is -2.19. The fourth-order valence-corrected chi connectivity index (χ4v) is 1.38. The smallest absolute Gasteiger partial charge is 0.133 e. The molecule has 1 N–H and O–H groups in total. The molecular formula is C10H20O3. The molecule has 0 aliphatic rings. The molecule has 0 amide bonds. The second-order valence-corrected chi connectivity index (χ2v) is 3.59. The molecule has 0 aliphatic carbocycles. The van der Waals surface area contributed by atoms with Gasteiger partial charge in [-0.3, -0.25) is 4.79 Å². The summed E-state index contributed by atoms with van der Waals surface area (Å²) in [4.78, 5) is 11.1. The van der Waals surface area contributed by atoms with Crippen molar-refractivity contribution >= 4 is 5.78 Å². The predicted octanol–water partition coefficient (Wildman–Crippen LogP) is 1.25. The molecule has 0 radical (unpaired) electrons. The summed E-state index contributed by atoms with van der Waals surface area (Å²) in [6, 6.07) is 0. The Kier molecular flexibility index (Phi) is 6.82. The molecule has 0 aromatic carbocycles. The molecule has 0 saturated heterocycles. The highest BCUT2D eigenvalue weighted by molar-refractivity contribution is 5.78. The van der Waals surface area contributed by atoms with Gasteiger partial charge in [-0.15, -0.1) is 0 Å². The van der Waals surface area contributed by atoms with Crippen LogP contribution in [0.4, 0.5) is 0 Å². The zero-order valence-electron chi connectivity index (χ0n) is 8.75. The monoisotopic (exact) mass is 188 g/mol. The van der Waals surface area contributed by atoms with Crippen LogP contribution < -0.4 is 0 Å². The van der Waals surface area contributed by atoms with Gasteiger partial charge in [0.05, 0.1) is 13.2 Å². The van der Waals surface area contributed by atoms with Crippen molar-refractivity contribution in [3.63, 3.8) is 0 Å². The van der Waals surface area contributed by atoms with E-state index in [9.17, 15) is 4.79 Å². The highest BCUT2D eigenvalue weighted by atomic mass is 16.5. The number of carbonyl (C=O) groups is 1. The Hall–Kier alpha value is -0.410. The van der Waals surface area contributed by atoms with E-state index >= 15 is 0 Å². The zero-order chi connectivity index (χ0) is 10.3. The molecule has 1 unspecified atom stereocenters. The van der Waals surface area contributed by atoms with Crippen molar-refractivity contribution in [3.8, 4) is 0 Å². The number of Topliss-reactive ketones (excluding diaryl/α,β-unsaturated/α-hetero) is 1. The van der Waals surface area contributed by atoms with Gasteiger partial charge in [0, 0.05) is 12.5 Å². The highest BCUT2D eigenvalue weighted by Crippen LogP contribution is 2.15. The fraction of sp³-hybridized carbons (Fsp3) is 0.900. The zero-order valence-corrected chi connectivity index (χ0v) is 8.75. The molecule has 0 heterocycles. The Labute approximate surface area is 80.1 Å². The van der Waals surface area contributed by atoms with Crippen molar-refractivity contribution in [2.24, 2.45) is 11.8 Å². The van der Waals surface area contributed by atoms with Gasteiger partial charge in [0.1, 0.15) is 5.78 Å². The van der Waals surface area contributed by atoms with Gasteiger partial charge in [-0.05, 0) is 19.3 Å². The maximum absolute atomic E-state index is 11.1. The number of aliphatic hydroxyl groups excluding tert-OH is 1. The molecule has 13 heavy (non-hydrogen) atoms. The average Bonchev–Trinajstić information content (AvgIpc) is 2.02. The van der Waals surface area contributed by atoms with Crippen LogP contribution in [0.25, 0.3) is 0 Å². The Morgan fingerprint density at radius 2 is 2.00 bits per heavy atom. The molecular weight excluding hydrogens is 168 g/mol. The maximum atomic E-state index is 11.1. The van der Waals surface area contributed by atoms with E-state index in [4.69, 9.17) is 9.84 Å².